The van der Waals surface area contributed by atoms with Crippen LogP contribution in [-0.4, -0.2) is 25.3 Å². The highest BCUT2D eigenvalue weighted by atomic mass is 79.9. The third kappa shape index (κ3) is 5.38. The van der Waals surface area contributed by atoms with Crippen molar-refractivity contribution < 1.29 is 14.3 Å². The molecule has 2 rings (SSSR count). The maximum absolute atomic E-state index is 12.1. The van der Waals surface area contributed by atoms with Gasteiger partial charge in [-0.25, -0.2) is 0 Å². The van der Waals surface area contributed by atoms with Crippen LogP contribution in [0, 0.1) is 0 Å². The number of rotatable bonds is 6. The van der Waals surface area contributed by atoms with Gasteiger partial charge in [0.2, 0.25) is 0 Å². The van der Waals surface area contributed by atoms with Crippen molar-refractivity contribution in [1.82, 2.24) is 5.32 Å². The summed E-state index contributed by atoms with van der Waals surface area (Å²) < 4.78 is 6.28. The fourth-order valence-electron chi connectivity index (χ4n) is 1.78. The summed E-state index contributed by atoms with van der Waals surface area (Å²) in [7, 11) is 1.55. The number of hydrogen-bond acceptors (Lipinski definition) is 3. The van der Waals surface area contributed by atoms with Gasteiger partial charge in [-0.3, -0.25) is 9.59 Å². The largest absolute Gasteiger partial charge is 0.484 e. The average molecular weight is 374 g/mol. The van der Waals surface area contributed by atoms with Crippen LogP contribution in [0.15, 0.2) is 59.1 Å². The highest BCUT2D eigenvalue weighted by molar-refractivity contribution is 9.10. The average Bonchev–Trinajstić information content (AvgIpc) is 2.59. The van der Waals surface area contributed by atoms with E-state index in [-0.39, 0.29) is 18.3 Å². The van der Waals surface area contributed by atoms with Crippen LogP contribution in [-0.2, 0) is 4.79 Å². The Morgan fingerprint density at radius 1 is 1.09 bits per heavy atom. The lowest BCUT2D eigenvalue weighted by Crippen LogP contribution is -2.24. The number of halogens is 1. The predicted molar refractivity (Wildman–Crippen MR) is 93.5 cm³/mol. The van der Waals surface area contributed by atoms with E-state index in [1.807, 2.05) is 24.3 Å². The molecule has 0 heterocycles. The molecule has 0 unspecified atom stereocenters. The van der Waals surface area contributed by atoms with E-state index in [0.717, 1.165) is 10.0 Å². The molecule has 23 heavy (non-hydrogen) atoms. The zero-order valence-corrected chi connectivity index (χ0v) is 14.2. The molecule has 0 aliphatic heterocycles. The third-order valence-corrected chi connectivity index (χ3v) is 3.61. The van der Waals surface area contributed by atoms with Crippen molar-refractivity contribution in [3.8, 4) is 5.75 Å². The minimum Gasteiger partial charge on any atom is -0.484 e. The molecule has 4 nitrogen and oxygen atoms in total. The maximum Gasteiger partial charge on any atom is 0.257 e. The first-order valence-electron chi connectivity index (χ1n) is 7.00. The molecule has 2 aromatic rings. The van der Waals surface area contributed by atoms with Crippen LogP contribution in [0.4, 0.5) is 0 Å². The summed E-state index contributed by atoms with van der Waals surface area (Å²) >= 11 is 3.37. The van der Waals surface area contributed by atoms with Crippen LogP contribution < -0.4 is 10.1 Å². The summed E-state index contributed by atoms with van der Waals surface area (Å²) in [5.74, 6) is 0.246. The molecule has 0 bridgehead atoms. The summed E-state index contributed by atoms with van der Waals surface area (Å²) in [4.78, 5) is 23.2. The number of amides is 1. The maximum atomic E-state index is 12.1. The molecule has 0 aliphatic carbocycles. The fourth-order valence-corrected chi connectivity index (χ4v) is 2.04. The lowest BCUT2D eigenvalue weighted by Gasteiger charge is -2.05. The lowest BCUT2D eigenvalue weighted by atomic mass is 10.1. The van der Waals surface area contributed by atoms with Crippen LogP contribution in [0.5, 0.6) is 5.75 Å². The van der Waals surface area contributed by atoms with Gasteiger partial charge in [0.05, 0.1) is 0 Å². The van der Waals surface area contributed by atoms with Crippen molar-refractivity contribution in [3.05, 3.63) is 70.2 Å². The van der Waals surface area contributed by atoms with Crippen LogP contribution in [0.3, 0.4) is 0 Å². The summed E-state index contributed by atoms with van der Waals surface area (Å²) in [5.41, 5.74) is 1.51. The van der Waals surface area contributed by atoms with E-state index in [4.69, 9.17) is 4.74 Å². The zero-order chi connectivity index (χ0) is 16.7. The first kappa shape index (κ1) is 17.0. The van der Waals surface area contributed by atoms with Crippen LogP contribution >= 0.6 is 15.9 Å². The highest BCUT2D eigenvalue weighted by Gasteiger charge is 2.04. The van der Waals surface area contributed by atoms with Crippen LogP contribution in [0.1, 0.15) is 15.9 Å². The predicted octanol–water partition coefficient (Wildman–Crippen LogP) is 3.47. The zero-order valence-electron chi connectivity index (χ0n) is 12.6. The monoisotopic (exact) mass is 373 g/mol. The van der Waals surface area contributed by atoms with Crippen molar-refractivity contribution in [2.45, 2.75) is 0 Å². The third-order valence-electron chi connectivity index (χ3n) is 3.08. The van der Waals surface area contributed by atoms with Crippen molar-refractivity contribution in [1.29, 1.82) is 0 Å². The molecular formula is C18H16BrNO3. The Morgan fingerprint density at radius 2 is 1.74 bits per heavy atom. The molecule has 0 aromatic heterocycles. The standard InChI is InChI=1S/C18H16BrNO3/c1-20-18(22)12-23-16-9-5-14(6-10-16)17(21)11-4-13-2-7-15(19)8-3-13/h2-11H,12H2,1H3,(H,20,22)/b11-4+. The molecule has 118 valence electrons. The van der Waals surface area contributed by atoms with E-state index in [9.17, 15) is 9.59 Å². The number of hydrogen-bond donors (Lipinski definition) is 1. The number of carbonyl (C=O) groups is 2. The molecule has 5 heteroatoms. The van der Waals surface area contributed by atoms with Crippen molar-refractivity contribution in [2.75, 3.05) is 13.7 Å². The smallest absolute Gasteiger partial charge is 0.257 e. The molecule has 2 aromatic carbocycles. The molecule has 0 atom stereocenters. The molecule has 0 saturated heterocycles. The minimum absolute atomic E-state index is 0.0484. The molecule has 0 radical (unpaired) electrons. The first-order chi connectivity index (χ1) is 11.1. The highest BCUT2D eigenvalue weighted by Crippen LogP contribution is 2.14. The lowest BCUT2D eigenvalue weighted by molar-refractivity contribution is -0.122. The number of ketones is 1. The van der Waals surface area contributed by atoms with Crippen molar-refractivity contribution in [2.24, 2.45) is 0 Å². The first-order valence-corrected chi connectivity index (χ1v) is 7.79. The Hall–Kier alpha value is -2.40. The number of allylic oxidation sites excluding steroid dienone is 1. The fraction of sp³-hybridized carbons (Fsp3) is 0.111. The van der Waals surface area contributed by atoms with Gasteiger partial charge in [-0.05, 0) is 48.0 Å². The Kier molecular flexibility index (Phi) is 6.11. The van der Waals surface area contributed by atoms with Gasteiger partial charge in [0.1, 0.15) is 5.75 Å². The van der Waals surface area contributed by atoms with Gasteiger partial charge in [-0.1, -0.05) is 34.1 Å². The molecule has 0 spiro atoms. The van der Waals surface area contributed by atoms with E-state index in [1.54, 1.807) is 37.4 Å². The summed E-state index contributed by atoms with van der Waals surface area (Å²) in [6.07, 6.45) is 3.30. The van der Waals surface area contributed by atoms with Gasteiger partial charge in [-0.2, -0.15) is 0 Å². The number of likely N-dealkylation sites (N-methyl/N-ethyl adjacent to an activating group) is 1. The van der Waals surface area contributed by atoms with Gasteiger partial charge < -0.3 is 10.1 Å². The molecule has 1 N–H and O–H groups in total. The van der Waals surface area contributed by atoms with E-state index in [2.05, 4.69) is 21.2 Å². The Morgan fingerprint density at radius 3 is 2.35 bits per heavy atom. The number of nitrogens with one attached hydrogen (secondary N) is 1. The van der Waals surface area contributed by atoms with Crippen LogP contribution in [0.25, 0.3) is 6.08 Å². The van der Waals surface area contributed by atoms with Gasteiger partial charge in [0.25, 0.3) is 5.91 Å². The number of carbonyl (C=O) groups excluding carboxylic acids is 2. The van der Waals surface area contributed by atoms with Crippen LogP contribution in [0.2, 0.25) is 0 Å². The molecule has 0 saturated carbocycles. The molecule has 0 fully saturated rings. The van der Waals surface area contributed by atoms with Gasteiger partial charge in [0.15, 0.2) is 12.4 Å². The van der Waals surface area contributed by atoms with Gasteiger partial charge >= 0.3 is 0 Å². The Balaban J connectivity index is 1.97. The van der Waals surface area contributed by atoms with Gasteiger partial charge in [-0.15, -0.1) is 0 Å². The Bertz CT molecular complexity index is 706. The second-order valence-corrected chi connectivity index (χ2v) is 5.65. The van der Waals surface area contributed by atoms with E-state index in [1.165, 1.54) is 6.08 Å². The molecular weight excluding hydrogens is 358 g/mol. The SMILES string of the molecule is CNC(=O)COc1ccc(C(=O)/C=C/c2ccc(Br)cc2)cc1. The number of ether oxygens (including phenoxy) is 1. The quantitative estimate of drug-likeness (QED) is 0.622. The second-order valence-electron chi connectivity index (χ2n) is 4.74. The van der Waals surface area contributed by atoms with E-state index >= 15 is 0 Å². The summed E-state index contributed by atoms with van der Waals surface area (Å²) in [6, 6.07) is 14.4. The Labute approximate surface area is 143 Å². The molecule has 1 amide bonds. The van der Waals surface area contributed by atoms with Crippen molar-refractivity contribution in [3.63, 3.8) is 0 Å². The minimum atomic E-state index is -0.206. The molecule has 0 aliphatic rings. The van der Waals surface area contributed by atoms with E-state index < -0.39 is 0 Å². The number of benzene rings is 2. The summed E-state index contributed by atoms with van der Waals surface area (Å²) in [6.45, 7) is -0.0484. The topological polar surface area (TPSA) is 55.4 Å². The van der Waals surface area contributed by atoms with E-state index in [0.29, 0.717) is 11.3 Å². The van der Waals surface area contributed by atoms with Crippen molar-refractivity contribution >= 4 is 33.7 Å². The second kappa shape index (κ2) is 8.29. The normalized spacial score (nSPS) is 10.5. The van der Waals surface area contributed by atoms with Gasteiger partial charge in [0, 0.05) is 17.1 Å². The summed E-state index contributed by atoms with van der Waals surface area (Å²) in [5, 5.41) is 2.47.